The summed E-state index contributed by atoms with van der Waals surface area (Å²) in [5.41, 5.74) is 0. The Labute approximate surface area is 110 Å². The van der Waals surface area contributed by atoms with Gasteiger partial charge in [0.05, 0.1) is 6.61 Å². The summed E-state index contributed by atoms with van der Waals surface area (Å²) >= 11 is 1.61. The minimum atomic E-state index is -0.804. The number of aliphatic hydroxyl groups is 1. The van der Waals surface area contributed by atoms with Crippen LogP contribution in [-0.4, -0.2) is 32.7 Å². The van der Waals surface area contributed by atoms with E-state index in [1.165, 1.54) is 0 Å². The molecule has 1 rings (SSSR count). The zero-order chi connectivity index (χ0) is 12.5. The van der Waals surface area contributed by atoms with Gasteiger partial charge in [-0.25, -0.2) is 0 Å². The zero-order valence-corrected chi connectivity index (χ0v) is 11.8. The van der Waals surface area contributed by atoms with E-state index < -0.39 is 10.8 Å². The van der Waals surface area contributed by atoms with Gasteiger partial charge in [-0.3, -0.25) is 4.21 Å². The lowest BCUT2D eigenvalue weighted by atomic mass is 10.4. The molecule has 0 amide bonds. The predicted molar refractivity (Wildman–Crippen MR) is 76.0 cm³/mol. The molecular weight excluding hydrogens is 252 g/mol. The smallest absolute Gasteiger partial charge is 0.0562 e. The molecule has 0 spiro atoms. The molecule has 0 saturated carbocycles. The molecule has 0 fully saturated rings. The second-order valence-corrected chi connectivity index (χ2v) is 6.89. The minimum absolute atomic E-state index is 0.0371. The summed E-state index contributed by atoms with van der Waals surface area (Å²) in [6.45, 7) is 2.18. The molecule has 0 aliphatic rings. The Morgan fingerprint density at radius 3 is 2.65 bits per heavy atom. The third kappa shape index (κ3) is 6.24. The van der Waals surface area contributed by atoms with Crippen molar-refractivity contribution < 1.29 is 9.32 Å². The first-order valence-electron chi connectivity index (χ1n) is 5.93. The van der Waals surface area contributed by atoms with E-state index in [1.54, 1.807) is 11.8 Å². The SMILES string of the molecule is CCCC[S@](=O)C[C@H](CO)Sc1ccccc1. The van der Waals surface area contributed by atoms with E-state index in [0.29, 0.717) is 5.75 Å². The predicted octanol–water partition coefficient (Wildman–Crippen LogP) is 2.69. The summed E-state index contributed by atoms with van der Waals surface area (Å²) in [4.78, 5) is 1.12. The topological polar surface area (TPSA) is 37.3 Å². The minimum Gasteiger partial charge on any atom is -0.395 e. The molecular formula is C13H20O2S2. The van der Waals surface area contributed by atoms with Crippen LogP contribution in [0.2, 0.25) is 0 Å². The van der Waals surface area contributed by atoms with Crippen molar-refractivity contribution in [1.29, 1.82) is 0 Å². The summed E-state index contributed by atoms with van der Waals surface area (Å²) in [5, 5.41) is 9.34. The number of hydrogen-bond donors (Lipinski definition) is 1. The Morgan fingerprint density at radius 1 is 1.35 bits per heavy atom. The summed E-state index contributed by atoms with van der Waals surface area (Å²) in [6, 6.07) is 9.96. The summed E-state index contributed by atoms with van der Waals surface area (Å²) in [6.07, 6.45) is 2.07. The Morgan fingerprint density at radius 2 is 2.06 bits per heavy atom. The van der Waals surface area contributed by atoms with Gasteiger partial charge < -0.3 is 5.11 Å². The van der Waals surface area contributed by atoms with Crippen molar-refractivity contribution in [3.63, 3.8) is 0 Å². The molecule has 0 aliphatic carbocycles. The fraction of sp³-hybridized carbons (Fsp3) is 0.538. The van der Waals surface area contributed by atoms with Crippen molar-refractivity contribution in [2.45, 2.75) is 29.9 Å². The van der Waals surface area contributed by atoms with Crippen LogP contribution in [0, 0.1) is 0 Å². The first-order chi connectivity index (χ1) is 8.26. The van der Waals surface area contributed by atoms with E-state index in [0.717, 1.165) is 23.5 Å². The molecule has 1 aromatic carbocycles. The van der Waals surface area contributed by atoms with Crippen molar-refractivity contribution in [2.75, 3.05) is 18.1 Å². The molecule has 0 aromatic heterocycles. The highest BCUT2D eigenvalue weighted by Crippen LogP contribution is 2.23. The van der Waals surface area contributed by atoms with Gasteiger partial charge >= 0.3 is 0 Å². The number of aliphatic hydroxyl groups excluding tert-OH is 1. The third-order valence-corrected chi connectivity index (χ3v) is 5.27. The van der Waals surface area contributed by atoms with Gasteiger partial charge in [0, 0.05) is 32.5 Å². The van der Waals surface area contributed by atoms with Crippen LogP contribution in [0.15, 0.2) is 35.2 Å². The van der Waals surface area contributed by atoms with E-state index in [-0.39, 0.29) is 11.9 Å². The molecule has 96 valence electrons. The molecule has 0 aliphatic heterocycles. The maximum absolute atomic E-state index is 11.7. The molecule has 0 radical (unpaired) electrons. The molecule has 0 unspecified atom stereocenters. The Balaban J connectivity index is 2.41. The van der Waals surface area contributed by atoms with Gasteiger partial charge in [0.25, 0.3) is 0 Å². The van der Waals surface area contributed by atoms with E-state index in [4.69, 9.17) is 0 Å². The van der Waals surface area contributed by atoms with Gasteiger partial charge in [0.1, 0.15) is 0 Å². The molecule has 1 N–H and O–H groups in total. The molecule has 2 atom stereocenters. The van der Waals surface area contributed by atoms with Crippen molar-refractivity contribution in [2.24, 2.45) is 0 Å². The van der Waals surface area contributed by atoms with Gasteiger partial charge in [0.2, 0.25) is 0 Å². The first-order valence-corrected chi connectivity index (χ1v) is 8.30. The molecule has 0 bridgehead atoms. The third-order valence-electron chi connectivity index (χ3n) is 2.35. The average molecular weight is 272 g/mol. The monoisotopic (exact) mass is 272 g/mol. The molecule has 0 saturated heterocycles. The van der Waals surface area contributed by atoms with E-state index in [9.17, 15) is 9.32 Å². The lowest BCUT2D eigenvalue weighted by Gasteiger charge is -2.13. The van der Waals surface area contributed by atoms with Crippen LogP contribution in [0.5, 0.6) is 0 Å². The Hall–Kier alpha value is -0.320. The molecule has 4 heteroatoms. The van der Waals surface area contributed by atoms with Gasteiger partial charge in [-0.15, -0.1) is 11.8 Å². The summed E-state index contributed by atoms with van der Waals surface area (Å²) < 4.78 is 11.7. The Kier molecular flexibility index (Phi) is 7.56. The van der Waals surface area contributed by atoms with Crippen LogP contribution in [0.25, 0.3) is 0 Å². The van der Waals surface area contributed by atoms with Crippen LogP contribution >= 0.6 is 11.8 Å². The normalized spacial score (nSPS) is 14.5. The van der Waals surface area contributed by atoms with Crippen molar-refractivity contribution >= 4 is 22.6 Å². The largest absolute Gasteiger partial charge is 0.395 e. The van der Waals surface area contributed by atoms with Crippen LogP contribution in [0.1, 0.15) is 19.8 Å². The molecule has 17 heavy (non-hydrogen) atoms. The second kappa shape index (κ2) is 8.72. The molecule has 2 nitrogen and oxygen atoms in total. The van der Waals surface area contributed by atoms with E-state index >= 15 is 0 Å². The number of unbranched alkanes of at least 4 members (excludes halogenated alkanes) is 1. The highest BCUT2D eigenvalue weighted by molar-refractivity contribution is 8.00. The van der Waals surface area contributed by atoms with Crippen molar-refractivity contribution in [3.05, 3.63) is 30.3 Å². The number of thioether (sulfide) groups is 1. The summed E-state index contributed by atoms with van der Waals surface area (Å²) in [5.74, 6) is 1.33. The zero-order valence-electron chi connectivity index (χ0n) is 10.2. The highest BCUT2D eigenvalue weighted by atomic mass is 32.2. The standard InChI is InChI=1S/C13H20O2S2/c1-2-3-9-17(15)11-13(10-14)16-12-7-5-4-6-8-12/h4-8,13-14H,2-3,9-11H2,1H3/t13-,17-/m0/s1. The van der Waals surface area contributed by atoms with Crippen LogP contribution in [0.4, 0.5) is 0 Å². The molecule has 1 aromatic rings. The summed E-state index contributed by atoms with van der Waals surface area (Å²) in [7, 11) is -0.804. The second-order valence-electron chi connectivity index (χ2n) is 3.90. The lowest BCUT2D eigenvalue weighted by Crippen LogP contribution is -2.19. The van der Waals surface area contributed by atoms with Crippen LogP contribution in [0.3, 0.4) is 0 Å². The maximum atomic E-state index is 11.7. The maximum Gasteiger partial charge on any atom is 0.0562 e. The van der Waals surface area contributed by atoms with Crippen molar-refractivity contribution in [1.82, 2.24) is 0 Å². The van der Waals surface area contributed by atoms with Gasteiger partial charge in [0.15, 0.2) is 0 Å². The van der Waals surface area contributed by atoms with Gasteiger partial charge in [-0.05, 0) is 18.6 Å². The van der Waals surface area contributed by atoms with E-state index in [2.05, 4.69) is 6.92 Å². The Bertz CT molecular complexity index is 327. The number of hydrogen-bond acceptors (Lipinski definition) is 3. The number of benzene rings is 1. The average Bonchev–Trinajstić information content (AvgIpc) is 2.36. The first kappa shape index (κ1) is 14.7. The highest BCUT2D eigenvalue weighted by Gasteiger charge is 2.13. The van der Waals surface area contributed by atoms with Gasteiger partial charge in [-0.2, -0.15) is 0 Å². The lowest BCUT2D eigenvalue weighted by molar-refractivity contribution is 0.301. The van der Waals surface area contributed by atoms with Crippen LogP contribution < -0.4 is 0 Å². The quantitative estimate of drug-likeness (QED) is 0.739. The fourth-order valence-electron chi connectivity index (χ4n) is 1.41. The van der Waals surface area contributed by atoms with Crippen LogP contribution in [-0.2, 0) is 10.8 Å². The van der Waals surface area contributed by atoms with Gasteiger partial charge in [-0.1, -0.05) is 31.5 Å². The molecule has 0 heterocycles. The number of rotatable bonds is 8. The fourth-order valence-corrected chi connectivity index (χ4v) is 4.21. The van der Waals surface area contributed by atoms with Crippen molar-refractivity contribution in [3.8, 4) is 0 Å². The van der Waals surface area contributed by atoms with E-state index in [1.807, 2.05) is 30.3 Å².